The summed E-state index contributed by atoms with van der Waals surface area (Å²) in [7, 11) is -0.875. The third-order valence-corrected chi connectivity index (χ3v) is 10.8. The summed E-state index contributed by atoms with van der Waals surface area (Å²) in [4.78, 5) is 13.7. The molecule has 0 spiro atoms. The molecule has 0 fully saturated rings. The number of methoxy groups -OCH3 is 1. The van der Waals surface area contributed by atoms with Gasteiger partial charge in [-0.15, -0.1) is 0 Å². The zero-order valence-corrected chi connectivity index (χ0v) is 30.8. The van der Waals surface area contributed by atoms with Crippen molar-refractivity contribution in [3.63, 3.8) is 0 Å². The molecule has 1 heterocycles. The summed E-state index contributed by atoms with van der Waals surface area (Å²) in [5.74, 6) is 1.53. The molecule has 1 aliphatic heterocycles. The number of hydrogen-bond donors (Lipinski definition) is 0. The molecule has 2 aromatic rings. The molecule has 0 bridgehead atoms. The molecular weight excluding hydrogens is 593 g/mol. The summed E-state index contributed by atoms with van der Waals surface area (Å²) in [5, 5.41) is 0. The largest absolute Gasteiger partial charge is 0.495 e. The van der Waals surface area contributed by atoms with Crippen LogP contribution in [-0.2, 0) is 18.9 Å². The maximum absolute atomic E-state index is 13.7. The number of hydrogen-bond acceptors (Lipinski definition) is 8. The van der Waals surface area contributed by atoms with E-state index in [0.29, 0.717) is 42.1 Å². The van der Waals surface area contributed by atoms with E-state index in [-0.39, 0.29) is 25.3 Å². The van der Waals surface area contributed by atoms with Gasteiger partial charge in [0.15, 0.2) is 18.3 Å². The smallest absolute Gasteiger partial charge is 0.346 e. The van der Waals surface area contributed by atoms with Gasteiger partial charge in [0.25, 0.3) is 0 Å². The van der Waals surface area contributed by atoms with Crippen molar-refractivity contribution in [2.24, 2.45) is 5.92 Å². The molecule has 0 radical (unpaired) electrons. The van der Waals surface area contributed by atoms with Gasteiger partial charge < -0.3 is 33.2 Å². The van der Waals surface area contributed by atoms with Crippen LogP contribution in [0.2, 0.25) is 51.4 Å². The number of fused-ring (bicyclic) bond motifs is 2. The maximum Gasteiger partial charge on any atom is 0.346 e. The van der Waals surface area contributed by atoms with Gasteiger partial charge in [-0.05, 0) is 68.1 Å². The van der Waals surface area contributed by atoms with E-state index in [0.717, 1.165) is 35.2 Å². The Labute approximate surface area is 266 Å². The first-order chi connectivity index (χ1) is 20.6. The standard InChI is InChI=1S/C34H54O8Si2/c1-23(2)18-29(39-21-37-14-16-43(6,7)8)26-12-13-28-31(33(26)36-5)34(35)41-25(4)27-19-24(3)20-30(32(27)42-28)40-22-38-15-17-44(9,10)11/h12-13,19-20,23,25,29H,14-18,21-22H2,1-11H3/t25?,29-/m0/s1. The number of carbonyl (C=O) groups excluding carboxylic acids is 1. The molecule has 0 aliphatic carbocycles. The van der Waals surface area contributed by atoms with Crippen LogP contribution in [0.1, 0.15) is 66.4 Å². The SMILES string of the molecule is COc1c([C@H](CC(C)C)OCOCC[Si](C)(C)C)ccc2c1C(=O)OC(C)c1cc(C)cc(OCOCC[Si](C)(C)C)c1O2. The van der Waals surface area contributed by atoms with Crippen LogP contribution in [0.4, 0.5) is 0 Å². The first-order valence-electron chi connectivity index (χ1n) is 15.7. The van der Waals surface area contributed by atoms with Crippen molar-refractivity contribution in [1.82, 2.24) is 0 Å². The van der Waals surface area contributed by atoms with E-state index in [1.54, 1.807) is 13.2 Å². The number of carbonyl (C=O) groups is 1. The molecule has 2 atom stereocenters. The minimum absolute atomic E-state index is 0.0985. The van der Waals surface area contributed by atoms with E-state index in [1.807, 2.05) is 32.0 Å². The van der Waals surface area contributed by atoms with Crippen LogP contribution in [0, 0.1) is 12.8 Å². The van der Waals surface area contributed by atoms with Gasteiger partial charge in [-0.2, -0.15) is 0 Å². The predicted molar refractivity (Wildman–Crippen MR) is 180 cm³/mol. The van der Waals surface area contributed by atoms with Crippen molar-refractivity contribution in [2.45, 2.75) is 97.7 Å². The summed E-state index contributed by atoms with van der Waals surface area (Å²) < 4.78 is 42.4. The molecule has 0 saturated carbocycles. The lowest BCUT2D eigenvalue weighted by molar-refractivity contribution is -0.0936. The highest BCUT2D eigenvalue weighted by Gasteiger charge is 2.33. The van der Waals surface area contributed by atoms with Crippen molar-refractivity contribution in [2.75, 3.05) is 33.9 Å². The highest BCUT2D eigenvalue weighted by atomic mass is 28.3. The third-order valence-electron chi connectivity index (χ3n) is 7.40. The van der Waals surface area contributed by atoms with Crippen molar-refractivity contribution in [3.05, 3.63) is 46.5 Å². The molecule has 0 N–H and O–H groups in total. The second-order valence-electron chi connectivity index (χ2n) is 14.5. The topological polar surface area (TPSA) is 81.7 Å². The van der Waals surface area contributed by atoms with E-state index in [9.17, 15) is 4.79 Å². The number of rotatable bonds is 16. The zero-order valence-electron chi connectivity index (χ0n) is 28.8. The van der Waals surface area contributed by atoms with Crippen LogP contribution < -0.4 is 14.2 Å². The number of benzene rings is 2. The Hall–Kier alpha value is -2.38. The molecule has 2 aromatic carbocycles. The van der Waals surface area contributed by atoms with Gasteiger partial charge in [0.1, 0.15) is 30.0 Å². The molecule has 1 aliphatic rings. The monoisotopic (exact) mass is 646 g/mol. The Morgan fingerprint density at radius 1 is 0.932 bits per heavy atom. The molecule has 246 valence electrons. The van der Waals surface area contributed by atoms with Gasteiger partial charge in [-0.3, -0.25) is 0 Å². The van der Waals surface area contributed by atoms with E-state index in [2.05, 4.69) is 53.1 Å². The Balaban J connectivity index is 1.93. The predicted octanol–water partition coefficient (Wildman–Crippen LogP) is 9.13. The summed E-state index contributed by atoms with van der Waals surface area (Å²) in [6.07, 6.45) is -0.215. The minimum Gasteiger partial charge on any atom is -0.495 e. The highest BCUT2D eigenvalue weighted by Crippen LogP contribution is 2.47. The van der Waals surface area contributed by atoms with Crippen molar-refractivity contribution >= 4 is 22.1 Å². The van der Waals surface area contributed by atoms with Crippen molar-refractivity contribution < 1.29 is 38.0 Å². The summed E-state index contributed by atoms with van der Waals surface area (Å²) >= 11 is 0. The fourth-order valence-corrected chi connectivity index (χ4v) is 6.35. The van der Waals surface area contributed by atoms with Crippen LogP contribution in [0.25, 0.3) is 0 Å². The lowest BCUT2D eigenvalue weighted by Crippen LogP contribution is -2.22. The third kappa shape index (κ3) is 10.6. The molecule has 44 heavy (non-hydrogen) atoms. The van der Waals surface area contributed by atoms with Crippen LogP contribution in [0.3, 0.4) is 0 Å². The molecular formula is C34H54O8Si2. The number of ether oxygens (including phenoxy) is 7. The van der Waals surface area contributed by atoms with Crippen molar-refractivity contribution in [3.8, 4) is 23.0 Å². The first kappa shape index (κ1) is 36.1. The van der Waals surface area contributed by atoms with E-state index in [1.165, 1.54) is 0 Å². The van der Waals surface area contributed by atoms with E-state index < -0.39 is 28.2 Å². The second kappa shape index (κ2) is 15.8. The van der Waals surface area contributed by atoms with Gasteiger partial charge in [-0.1, -0.05) is 53.1 Å². The van der Waals surface area contributed by atoms with Crippen LogP contribution in [0.15, 0.2) is 24.3 Å². The molecule has 0 amide bonds. The quantitative estimate of drug-likeness (QED) is 0.0773. The summed E-state index contributed by atoms with van der Waals surface area (Å²) in [5.41, 5.74) is 2.65. The van der Waals surface area contributed by atoms with Gasteiger partial charge in [0.05, 0.1) is 13.2 Å². The first-order valence-corrected chi connectivity index (χ1v) is 23.1. The molecule has 8 nitrogen and oxygen atoms in total. The van der Waals surface area contributed by atoms with E-state index >= 15 is 0 Å². The maximum atomic E-state index is 13.7. The summed E-state index contributed by atoms with van der Waals surface area (Å²) in [6.45, 7) is 23.5. The average Bonchev–Trinajstić information content (AvgIpc) is 2.90. The molecule has 3 rings (SSSR count). The molecule has 10 heteroatoms. The van der Waals surface area contributed by atoms with Crippen LogP contribution in [-0.4, -0.2) is 56.0 Å². The number of aryl methyl sites for hydroxylation is 1. The normalized spacial score (nSPS) is 15.9. The fraction of sp³-hybridized carbons (Fsp3) is 0.618. The molecule has 1 unspecified atom stereocenters. The Morgan fingerprint density at radius 3 is 2.16 bits per heavy atom. The number of esters is 1. The second-order valence-corrected chi connectivity index (χ2v) is 25.7. The Kier molecular flexibility index (Phi) is 12.9. The van der Waals surface area contributed by atoms with Gasteiger partial charge >= 0.3 is 5.97 Å². The minimum atomic E-state index is -1.22. The molecule has 0 aromatic heterocycles. The number of cyclic esters (lactones) is 1. The van der Waals surface area contributed by atoms with Crippen LogP contribution >= 0.6 is 0 Å². The lowest BCUT2D eigenvalue weighted by Gasteiger charge is -2.28. The zero-order chi connectivity index (χ0) is 32.7. The summed E-state index contributed by atoms with van der Waals surface area (Å²) in [6, 6.07) is 9.66. The highest BCUT2D eigenvalue weighted by molar-refractivity contribution is 6.76. The fourth-order valence-electron chi connectivity index (χ4n) is 4.83. The van der Waals surface area contributed by atoms with Gasteiger partial charge in [-0.25, -0.2) is 4.79 Å². The Morgan fingerprint density at radius 2 is 1.57 bits per heavy atom. The van der Waals surface area contributed by atoms with Crippen LogP contribution in [0.5, 0.6) is 23.0 Å². The van der Waals surface area contributed by atoms with Gasteiger partial charge in [0.2, 0.25) is 0 Å². The Bertz CT molecular complexity index is 1250. The van der Waals surface area contributed by atoms with E-state index in [4.69, 9.17) is 33.2 Å². The average molecular weight is 647 g/mol. The van der Waals surface area contributed by atoms with Crippen molar-refractivity contribution in [1.29, 1.82) is 0 Å². The molecule has 0 saturated heterocycles. The lowest BCUT2D eigenvalue weighted by atomic mass is 9.95. The van der Waals surface area contributed by atoms with Gasteiger partial charge in [0, 0.05) is 40.5 Å².